The molecular formula is C18H17F2N3O2. The lowest BCUT2D eigenvalue weighted by Crippen LogP contribution is -2.23. The third-order valence-corrected chi connectivity index (χ3v) is 3.85. The third kappa shape index (κ3) is 3.50. The van der Waals surface area contributed by atoms with Gasteiger partial charge < -0.3 is 9.84 Å². The van der Waals surface area contributed by atoms with Crippen molar-refractivity contribution in [1.82, 2.24) is 15.5 Å². The number of benzene rings is 1. The highest BCUT2D eigenvalue weighted by molar-refractivity contribution is 6.06. The number of nitrogens with zero attached hydrogens (tertiary/aromatic N) is 2. The number of nitrogens with one attached hydrogen (secondary N) is 1. The molecule has 0 aliphatic rings. The highest BCUT2D eigenvalue weighted by Crippen LogP contribution is 2.25. The van der Waals surface area contributed by atoms with E-state index in [1.54, 1.807) is 13.0 Å². The Balaban J connectivity index is 1.92. The summed E-state index contributed by atoms with van der Waals surface area (Å²) in [6.07, 6.45) is 0. The standard InChI is InChI=1S/C18H17F2N3O2/c1-9(2)15-7-14(16-10(3)23-25-18(16)22-15)17(24)21-8-11-4-12(19)6-13(20)5-11/h4-7,9H,8H2,1-3H3,(H,21,24). The smallest absolute Gasteiger partial charge is 0.259 e. The van der Waals surface area contributed by atoms with Crippen LogP contribution in [0.5, 0.6) is 0 Å². The third-order valence-electron chi connectivity index (χ3n) is 3.85. The summed E-state index contributed by atoms with van der Waals surface area (Å²) in [5.41, 5.74) is 2.27. The number of carbonyl (C=O) groups is 1. The molecule has 0 unspecified atom stereocenters. The number of fused-ring (bicyclic) bond motifs is 1. The van der Waals surface area contributed by atoms with Gasteiger partial charge in [-0.2, -0.15) is 0 Å². The van der Waals surface area contributed by atoms with E-state index >= 15 is 0 Å². The number of rotatable bonds is 4. The topological polar surface area (TPSA) is 68.0 Å². The summed E-state index contributed by atoms with van der Waals surface area (Å²) in [6.45, 7) is 5.63. The van der Waals surface area contributed by atoms with Crippen LogP contribution in [0.4, 0.5) is 8.78 Å². The van der Waals surface area contributed by atoms with Crippen molar-refractivity contribution in [2.75, 3.05) is 0 Å². The summed E-state index contributed by atoms with van der Waals surface area (Å²) >= 11 is 0. The van der Waals surface area contributed by atoms with Crippen molar-refractivity contribution in [1.29, 1.82) is 0 Å². The molecule has 0 bridgehead atoms. The number of hydrogen-bond donors (Lipinski definition) is 1. The SMILES string of the molecule is Cc1noc2nc(C(C)C)cc(C(=O)NCc3cc(F)cc(F)c3)c12. The van der Waals surface area contributed by atoms with Gasteiger partial charge in [0.05, 0.1) is 16.6 Å². The van der Waals surface area contributed by atoms with Gasteiger partial charge in [-0.3, -0.25) is 4.79 Å². The minimum atomic E-state index is -0.687. The van der Waals surface area contributed by atoms with Crippen LogP contribution in [-0.2, 0) is 6.54 Å². The maximum Gasteiger partial charge on any atom is 0.259 e. The normalized spacial score (nSPS) is 11.3. The molecule has 7 heteroatoms. The van der Waals surface area contributed by atoms with Gasteiger partial charge in [-0.15, -0.1) is 0 Å². The second kappa shape index (κ2) is 6.58. The Morgan fingerprint density at radius 2 is 1.88 bits per heavy atom. The first-order chi connectivity index (χ1) is 11.8. The van der Waals surface area contributed by atoms with E-state index in [1.165, 1.54) is 12.1 Å². The summed E-state index contributed by atoms with van der Waals surface area (Å²) in [6, 6.07) is 4.83. The zero-order valence-corrected chi connectivity index (χ0v) is 14.1. The van der Waals surface area contributed by atoms with Crippen LogP contribution in [0, 0.1) is 18.6 Å². The van der Waals surface area contributed by atoms with Crippen LogP contribution in [0.25, 0.3) is 11.1 Å². The zero-order valence-electron chi connectivity index (χ0n) is 14.1. The van der Waals surface area contributed by atoms with E-state index < -0.39 is 11.6 Å². The lowest BCUT2D eigenvalue weighted by Gasteiger charge is -2.10. The highest BCUT2D eigenvalue weighted by Gasteiger charge is 2.19. The van der Waals surface area contributed by atoms with E-state index in [-0.39, 0.29) is 18.4 Å². The molecule has 1 amide bonds. The van der Waals surface area contributed by atoms with Crippen LogP contribution >= 0.6 is 0 Å². The Kier molecular flexibility index (Phi) is 4.48. The molecule has 130 valence electrons. The van der Waals surface area contributed by atoms with Gasteiger partial charge in [-0.05, 0) is 36.6 Å². The molecule has 0 saturated carbocycles. The van der Waals surface area contributed by atoms with E-state index in [4.69, 9.17) is 4.52 Å². The number of pyridine rings is 1. The van der Waals surface area contributed by atoms with E-state index in [0.717, 1.165) is 6.07 Å². The van der Waals surface area contributed by atoms with Crippen molar-refractivity contribution in [2.24, 2.45) is 0 Å². The molecule has 5 nitrogen and oxygen atoms in total. The number of halogens is 2. The first-order valence-electron chi connectivity index (χ1n) is 7.85. The summed E-state index contributed by atoms with van der Waals surface area (Å²) in [4.78, 5) is 17.0. The highest BCUT2D eigenvalue weighted by atomic mass is 19.1. The Morgan fingerprint density at radius 1 is 1.20 bits per heavy atom. The van der Waals surface area contributed by atoms with Crippen LogP contribution in [0.15, 0.2) is 28.8 Å². The Bertz CT molecular complexity index is 931. The fourth-order valence-corrected chi connectivity index (χ4v) is 2.58. The molecule has 2 aromatic heterocycles. The van der Waals surface area contributed by atoms with Gasteiger partial charge >= 0.3 is 0 Å². The lowest BCUT2D eigenvalue weighted by molar-refractivity contribution is 0.0952. The predicted octanol–water partition coefficient (Wildman–Crippen LogP) is 3.86. The molecule has 2 heterocycles. The summed E-state index contributed by atoms with van der Waals surface area (Å²) in [5, 5.41) is 7.07. The molecule has 25 heavy (non-hydrogen) atoms. The van der Waals surface area contributed by atoms with Crippen LogP contribution in [-0.4, -0.2) is 16.0 Å². The van der Waals surface area contributed by atoms with Crippen LogP contribution in [0.1, 0.15) is 47.1 Å². The quantitative estimate of drug-likeness (QED) is 0.779. The van der Waals surface area contributed by atoms with Gasteiger partial charge in [0.25, 0.3) is 11.6 Å². The Labute approximate surface area is 143 Å². The number of aryl methyl sites for hydroxylation is 1. The first-order valence-corrected chi connectivity index (χ1v) is 7.85. The molecule has 0 atom stereocenters. The number of carbonyl (C=O) groups excluding carboxylic acids is 1. The minimum absolute atomic E-state index is 0.00132. The van der Waals surface area contributed by atoms with Crippen molar-refractivity contribution in [3.8, 4) is 0 Å². The predicted molar refractivity (Wildman–Crippen MR) is 88.2 cm³/mol. The number of aromatic nitrogens is 2. The molecule has 1 N–H and O–H groups in total. The van der Waals surface area contributed by atoms with Gasteiger partial charge in [-0.1, -0.05) is 19.0 Å². The van der Waals surface area contributed by atoms with Crippen molar-refractivity contribution < 1.29 is 18.1 Å². The molecule has 0 radical (unpaired) electrons. The van der Waals surface area contributed by atoms with Crippen LogP contribution < -0.4 is 5.32 Å². The summed E-state index contributed by atoms with van der Waals surface area (Å²) in [5.74, 6) is -1.66. The number of hydrogen-bond acceptors (Lipinski definition) is 4. The largest absolute Gasteiger partial charge is 0.348 e. The minimum Gasteiger partial charge on any atom is -0.348 e. The second-order valence-corrected chi connectivity index (χ2v) is 6.16. The molecule has 0 aliphatic heterocycles. The Morgan fingerprint density at radius 3 is 2.52 bits per heavy atom. The summed E-state index contributed by atoms with van der Waals surface area (Å²) < 4.78 is 31.7. The fraction of sp³-hybridized carbons (Fsp3) is 0.278. The van der Waals surface area contributed by atoms with Gasteiger partial charge in [0.15, 0.2) is 0 Å². The molecule has 0 saturated heterocycles. The molecular weight excluding hydrogens is 328 g/mol. The monoisotopic (exact) mass is 345 g/mol. The van der Waals surface area contributed by atoms with Crippen molar-refractivity contribution >= 4 is 17.0 Å². The van der Waals surface area contributed by atoms with Gasteiger partial charge in [-0.25, -0.2) is 13.8 Å². The van der Waals surface area contributed by atoms with Crippen molar-refractivity contribution in [3.63, 3.8) is 0 Å². The maximum atomic E-state index is 13.3. The van der Waals surface area contributed by atoms with Crippen LogP contribution in [0.2, 0.25) is 0 Å². The van der Waals surface area contributed by atoms with Gasteiger partial charge in [0.1, 0.15) is 11.6 Å². The molecule has 3 aromatic rings. The van der Waals surface area contributed by atoms with Crippen molar-refractivity contribution in [3.05, 3.63) is 58.4 Å². The van der Waals surface area contributed by atoms with Gasteiger partial charge in [0, 0.05) is 18.3 Å². The molecule has 0 fully saturated rings. The van der Waals surface area contributed by atoms with E-state index in [9.17, 15) is 13.6 Å². The van der Waals surface area contributed by atoms with Crippen molar-refractivity contribution in [2.45, 2.75) is 33.2 Å². The molecule has 1 aromatic carbocycles. The average molecular weight is 345 g/mol. The molecule has 0 spiro atoms. The average Bonchev–Trinajstić information content (AvgIpc) is 2.92. The zero-order chi connectivity index (χ0) is 18.1. The Hall–Kier alpha value is -2.83. The van der Waals surface area contributed by atoms with Crippen LogP contribution in [0.3, 0.4) is 0 Å². The van der Waals surface area contributed by atoms with E-state index in [2.05, 4.69) is 15.5 Å². The van der Waals surface area contributed by atoms with E-state index in [1.807, 2.05) is 13.8 Å². The van der Waals surface area contributed by atoms with E-state index in [0.29, 0.717) is 33.6 Å². The maximum absolute atomic E-state index is 13.3. The van der Waals surface area contributed by atoms with Gasteiger partial charge in [0.2, 0.25) is 0 Å². The fourth-order valence-electron chi connectivity index (χ4n) is 2.58. The molecule has 0 aliphatic carbocycles. The summed E-state index contributed by atoms with van der Waals surface area (Å²) in [7, 11) is 0. The lowest BCUT2D eigenvalue weighted by atomic mass is 10.0. The first kappa shape index (κ1) is 17.0. The number of amides is 1. The second-order valence-electron chi connectivity index (χ2n) is 6.16. The molecule has 3 rings (SSSR count).